The van der Waals surface area contributed by atoms with Crippen LogP contribution in [0.2, 0.25) is 0 Å². The molecular formula is C13H19N3O. The second kappa shape index (κ2) is 5.80. The molecule has 1 heterocycles. The van der Waals surface area contributed by atoms with Gasteiger partial charge in [-0.15, -0.1) is 0 Å². The third-order valence-electron chi connectivity index (χ3n) is 2.88. The van der Waals surface area contributed by atoms with E-state index in [9.17, 15) is 5.11 Å². The standard InChI is InChI=1S/C13H19N3O/c1-2-4-12(17)9-14-7-10-5-3-6-11-8-15-16-13(10)11/h3,5-6,8,12,14,17H,2,4,7,9H2,1H3,(H,15,16)/t12-/m0/s1. The van der Waals surface area contributed by atoms with Crippen LogP contribution in [0.15, 0.2) is 24.4 Å². The number of H-pyrrole nitrogens is 1. The van der Waals surface area contributed by atoms with Crippen LogP contribution in [0.5, 0.6) is 0 Å². The zero-order chi connectivity index (χ0) is 12.1. The zero-order valence-corrected chi connectivity index (χ0v) is 10.1. The molecule has 0 saturated carbocycles. The number of benzene rings is 1. The van der Waals surface area contributed by atoms with E-state index in [0.29, 0.717) is 6.54 Å². The molecule has 0 aliphatic carbocycles. The maximum Gasteiger partial charge on any atom is 0.0695 e. The summed E-state index contributed by atoms with van der Waals surface area (Å²) in [6, 6.07) is 6.13. The molecule has 3 N–H and O–H groups in total. The first-order valence-corrected chi connectivity index (χ1v) is 6.11. The number of fused-ring (bicyclic) bond motifs is 1. The quantitative estimate of drug-likeness (QED) is 0.713. The van der Waals surface area contributed by atoms with E-state index in [-0.39, 0.29) is 6.10 Å². The normalized spacial score (nSPS) is 13.1. The molecule has 0 spiro atoms. The predicted molar refractivity (Wildman–Crippen MR) is 68.7 cm³/mol. The molecule has 92 valence electrons. The number of aliphatic hydroxyl groups is 1. The summed E-state index contributed by atoms with van der Waals surface area (Å²) in [5.41, 5.74) is 2.26. The maximum atomic E-state index is 9.62. The number of aromatic amines is 1. The molecular weight excluding hydrogens is 214 g/mol. The predicted octanol–water partition coefficient (Wildman–Crippen LogP) is 1.81. The molecule has 2 rings (SSSR count). The Kier molecular flexibility index (Phi) is 4.12. The first-order chi connectivity index (χ1) is 8.31. The Hall–Kier alpha value is -1.39. The summed E-state index contributed by atoms with van der Waals surface area (Å²) in [6.07, 6.45) is 3.44. The molecule has 0 radical (unpaired) electrons. The molecule has 0 fully saturated rings. The monoisotopic (exact) mass is 233 g/mol. The van der Waals surface area contributed by atoms with Gasteiger partial charge in [-0.05, 0) is 12.0 Å². The third-order valence-corrected chi connectivity index (χ3v) is 2.88. The Morgan fingerprint density at radius 1 is 1.47 bits per heavy atom. The molecule has 2 aromatic rings. The molecule has 0 bridgehead atoms. The summed E-state index contributed by atoms with van der Waals surface area (Å²) in [5.74, 6) is 0. The van der Waals surface area contributed by atoms with E-state index >= 15 is 0 Å². The SMILES string of the molecule is CCC[C@H](O)CNCc1cccc2cn[nH]c12. The first-order valence-electron chi connectivity index (χ1n) is 6.11. The Morgan fingerprint density at radius 3 is 3.18 bits per heavy atom. The van der Waals surface area contributed by atoms with Crippen molar-refractivity contribution in [3.05, 3.63) is 30.0 Å². The molecule has 17 heavy (non-hydrogen) atoms. The lowest BCUT2D eigenvalue weighted by molar-refractivity contribution is 0.160. The molecule has 0 aliphatic heterocycles. The van der Waals surface area contributed by atoms with Gasteiger partial charge in [0.25, 0.3) is 0 Å². The highest BCUT2D eigenvalue weighted by atomic mass is 16.3. The van der Waals surface area contributed by atoms with Crippen molar-refractivity contribution in [3.8, 4) is 0 Å². The molecule has 0 amide bonds. The van der Waals surface area contributed by atoms with E-state index in [0.717, 1.165) is 30.3 Å². The molecule has 1 atom stereocenters. The van der Waals surface area contributed by atoms with Crippen LogP contribution in [0.25, 0.3) is 10.9 Å². The molecule has 0 saturated heterocycles. The fourth-order valence-electron chi connectivity index (χ4n) is 1.99. The molecule has 1 aromatic carbocycles. The van der Waals surface area contributed by atoms with E-state index in [1.165, 1.54) is 5.56 Å². The minimum absolute atomic E-state index is 0.249. The molecule has 4 nitrogen and oxygen atoms in total. The lowest BCUT2D eigenvalue weighted by atomic mass is 10.1. The second-order valence-electron chi connectivity index (χ2n) is 4.32. The number of hydrogen-bond donors (Lipinski definition) is 3. The van der Waals surface area contributed by atoms with Gasteiger partial charge in [0.2, 0.25) is 0 Å². The number of hydrogen-bond acceptors (Lipinski definition) is 3. The van der Waals surface area contributed by atoms with Crippen molar-refractivity contribution in [2.75, 3.05) is 6.54 Å². The van der Waals surface area contributed by atoms with Crippen LogP contribution in [0.3, 0.4) is 0 Å². The Balaban J connectivity index is 1.92. The number of rotatable bonds is 6. The second-order valence-corrected chi connectivity index (χ2v) is 4.32. The van der Waals surface area contributed by atoms with Crippen molar-refractivity contribution in [2.45, 2.75) is 32.4 Å². The van der Waals surface area contributed by atoms with Gasteiger partial charge in [0.05, 0.1) is 17.8 Å². The Morgan fingerprint density at radius 2 is 2.35 bits per heavy atom. The average molecular weight is 233 g/mol. The van der Waals surface area contributed by atoms with Crippen LogP contribution < -0.4 is 5.32 Å². The lowest BCUT2D eigenvalue weighted by Crippen LogP contribution is -2.26. The van der Waals surface area contributed by atoms with Gasteiger partial charge in [-0.25, -0.2) is 0 Å². The number of nitrogens with one attached hydrogen (secondary N) is 2. The van der Waals surface area contributed by atoms with Crippen molar-refractivity contribution < 1.29 is 5.11 Å². The van der Waals surface area contributed by atoms with Crippen LogP contribution >= 0.6 is 0 Å². The lowest BCUT2D eigenvalue weighted by Gasteiger charge is -2.10. The average Bonchev–Trinajstić information content (AvgIpc) is 2.78. The topological polar surface area (TPSA) is 60.9 Å². The molecule has 0 aliphatic rings. The third kappa shape index (κ3) is 3.05. The number of aliphatic hydroxyl groups excluding tert-OH is 1. The van der Waals surface area contributed by atoms with Crippen LogP contribution in [0, 0.1) is 0 Å². The van der Waals surface area contributed by atoms with Gasteiger partial charge in [-0.3, -0.25) is 5.10 Å². The van der Waals surface area contributed by atoms with Gasteiger partial charge >= 0.3 is 0 Å². The van der Waals surface area contributed by atoms with E-state index in [1.807, 2.05) is 18.3 Å². The van der Waals surface area contributed by atoms with E-state index < -0.39 is 0 Å². The fourth-order valence-corrected chi connectivity index (χ4v) is 1.99. The van der Waals surface area contributed by atoms with Crippen LogP contribution in [0.1, 0.15) is 25.3 Å². The number of aromatic nitrogens is 2. The largest absolute Gasteiger partial charge is 0.392 e. The highest BCUT2D eigenvalue weighted by Gasteiger charge is 2.04. The zero-order valence-electron chi connectivity index (χ0n) is 10.1. The molecule has 4 heteroatoms. The summed E-state index contributed by atoms with van der Waals surface area (Å²) in [7, 11) is 0. The van der Waals surface area contributed by atoms with Crippen molar-refractivity contribution in [3.63, 3.8) is 0 Å². The van der Waals surface area contributed by atoms with Crippen molar-refractivity contribution >= 4 is 10.9 Å². The summed E-state index contributed by atoms with van der Waals surface area (Å²) >= 11 is 0. The van der Waals surface area contributed by atoms with Crippen LogP contribution in [-0.4, -0.2) is 28.0 Å². The van der Waals surface area contributed by atoms with E-state index in [4.69, 9.17) is 0 Å². The van der Waals surface area contributed by atoms with Gasteiger partial charge in [0.15, 0.2) is 0 Å². The maximum absolute atomic E-state index is 9.62. The van der Waals surface area contributed by atoms with Gasteiger partial charge in [0, 0.05) is 18.5 Å². The van der Waals surface area contributed by atoms with Gasteiger partial charge in [-0.2, -0.15) is 5.10 Å². The summed E-state index contributed by atoms with van der Waals surface area (Å²) < 4.78 is 0. The Labute approximate surface area is 101 Å². The van der Waals surface area contributed by atoms with Crippen molar-refractivity contribution in [2.24, 2.45) is 0 Å². The fraction of sp³-hybridized carbons (Fsp3) is 0.462. The number of nitrogens with zero attached hydrogens (tertiary/aromatic N) is 1. The first kappa shape index (κ1) is 12.1. The highest BCUT2D eigenvalue weighted by molar-refractivity contribution is 5.81. The van der Waals surface area contributed by atoms with Gasteiger partial charge in [-0.1, -0.05) is 31.5 Å². The molecule has 0 unspecified atom stereocenters. The van der Waals surface area contributed by atoms with Crippen LogP contribution in [-0.2, 0) is 6.54 Å². The van der Waals surface area contributed by atoms with Crippen LogP contribution in [0.4, 0.5) is 0 Å². The van der Waals surface area contributed by atoms with E-state index in [2.05, 4.69) is 28.5 Å². The van der Waals surface area contributed by atoms with Gasteiger partial charge in [0.1, 0.15) is 0 Å². The van der Waals surface area contributed by atoms with Crippen molar-refractivity contribution in [1.82, 2.24) is 15.5 Å². The minimum Gasteiger partial charge on any atom is -0.392 e. The summed E-state index contributed by atoms with van der Waals surface area (Å²) in [5, 5.41) is 21.0. The summed E-state index contributed by atoms with van der Waals surface area (Å²) in [4.78, 5) is 0. The smallest absolute Gasteiger partial charge is 0.0695 e. The van der Waals surface area contributed by atoms with Gasteiger partial charge < -0.3 is 10.4 Å². The Bertz CT molecular complexity index is 466. The minimum atomic E-state index is -0.249. The number of para-hydroxylation sites is 1. The highest BCUT2D eigenvalue weighted by Crippen LogP contribution is 2.15. The van der Waals surface area contributed by atoms with E-state index in [1.54, 1.807) is 0 Å². The summed E-state index contributed by atoms with van der Waals surface area (Å²) in [6.45, 7) is 3.47. The molecule has 1 aromatic heterocycles. The van der Waals surface area contributed by atoms with Crippen molar-refractivity contribution in [1.29, 1.82) is 0 Å².